The monoisotopic (exact) mass is 499 g/mol. The molecule has 3 N–H and O–H groups in total. The molecule has 2 amide bonds. The molecule has 7 nitrogen and oxygen atoms in total. The average molecular weight is 500 g/mol. The lowest BCUT2D eigenvalue weighted by Gasteiger charge is -2.38. The van der Waals surface area contributed by atoms with Crippen LogP contribution in [0.1, 0.15) is 12.8 Å². The Morgan fingerprint density at radius 2 is 2.06 bits per heavy atom. The number of carbonyl (C=O) groups excluding carboxylic acids is 2. The summed E-state index contributed by atoms with van der Waals surface area (Å²) in [6.45, 7) is 0.210. The highest BCUT2D eigenvalue weighted by Gasteiger charge is 2.34. The normalized spacial score (nSPS) is 20.4. The summed E-state index contributed by atoms with van der Waals surface area (Å²) in [5, 5.41) is 9.12. The maximum atomic E-state index is 13.5. The Hall–Kier alpha value is -2.33. The van der Waals surface area contributed by atoms with Gasteiger partial charge in [0.2, 0.25) is 5.91 Å². The van der Waals surface area contributed by atoms with E-state index < -0.39 is 17.0 Å². The summed E-state index contributed by atoms with van der Waals surface area (Å²) in [4.78, 5) is 25.0. The minimum absolute atomic E-state index is 0.0123. The van der Waals surface area contributed by atoms with E-state index in [2.05, 4.69) is 16.0 Å². The highest BCUT2D eigenvalue weighted by Crippen LogP contribution is 2.28. The van der Waals surface area contributed by atoms with E-state index in [0.717, 1.165) is 6.07 Å². The molecule has 0 aliphatic carbocycles. The molecular weight excluding hydrogens is 476 g/mol. The maximum absolute atomic E-state index is 13.5. The number of rotatable bonds is 7. The van der Waals surface area contributed by atoms with Crippen LogP contribution in [-0.4, -0.2) is 53.5 Å². The third kappa shape index (κ3) is 6.35. The number of methoxy groups -OCH3 is 1. The second-order valence-corrected chi connectivity index (χ2v) is 10.5. The van der Waals surface area contributed by atoms with Gasteiger partial charge in [0.15, 0.2) is 6.61 Å². The molecule has 2 aromatic rings. The summed E-state index contributed by atoms with van der Waals surface area (Å²) in [5.41, 5.74) is 0.537. The largest absolute Gasteiger partial charge is 0.495 e. The molecule has 0 bridgehead atoms. The van der Waals surface area contributed by atoms with Crippen molar-refractivity contribution in [3.63, 3.8) is 0 Å². The molecule has 0 unspecified atom stereocenters. The SMILES string of the molecule is COc1cc(Cl)ccc1NC(=O)[C@H]1CC[C@@]([SiH3])(NC(=O)COc2ccc(Cl)c(F)c2)CN1. The van der Waals surface area contributed by atoms with Crippen molar-refractivity contribution in [1.82, 2.24) is 10.6 Å². The average Bonchev–Trinajstić information content (AvgIpc) is 2.76. The lowest BCUT2D eigenvalue weighted by molar-refractivity contribution is -0.124. The molecule has 11 heteroatoms. The highest BCUT2D eigenvalue weighted by atomic mass is 35.5. The van der Waals surface area contributed by atoms with E-state index >= 15 is 0 Å². The van der Waals surface area contributed by atoms with Crippen molar-refractivity contribution in [1.29, 1.82) is 0 Å². The molecule has 1 saturated heterocycles. The van der Waals surface area contributed by atoms with E-state index in [1.54, 1.807) is 18.2 Å². The smallest absolute Gasteiger partial charge is 0.258 e. The zero-order valence-corrected chi connectivity index (χ0v) is 21.1. The van der Waals surface area contributed by atoms with Gasteiger partial charge in [0, 0.05) is 39.1 Å². The van der Waals surface area contributed by atoms with Crippen LogP contribution in [0.3, 0.4) is 0 Å². The predicted molar refractivity (Wildman–Crippen MR) is 125 cm³/mol. The maximum Gasteiger partial charge on any atom is 0.258 e. The van der Waals surface area contributed by atoms with Crippen molar-refractivity contribution in [3.05, 3.63) is 52.3 Å². The first-order valence-corrected chi connectivity index (χ1v) is 11.7. The molecule has 0 spiro atoms. The first-order chi connectivity index (χ1) is 15.2. The van der Waals surface area contributed by atoms with Crippen molar-refractivity contribution in [2.24, 2.45) is 0 Å². The van der Waals surface area contributed by atoms with Gasteiger partial charge in [-0.25, -0.2) is 4.39 Å². The lowest BCUT2D eigenvalue weighted by atomic mass is 9.99. The number of amides is 2. The van der Waals surface area contributed by atoms with Crippen LogP contribution in [-0.2, 0) is 9.59 Å². The Kier molecular flexibility index (Phi) is 7.99. The van der Waals surface area contributed by atoms with E-state index in [0.29, 0.717) is 46.1 Å². The summed E-state index contributed by atoms with van der Waals surface area (Å²) in [5.74, 6) is -0.409. The molecule has 3 rings (SSSR count). The van der Waals surface area contributed by atoms with Gasteiger partial charge in [-0.1, -0.05) is 23.2 Å². The Bertz CT molecular complexity index is 1000. The Labute approximate surface area is 198 Å². The third-order valence-electron chi connectivity index (χ3n) is 5.16. The number of hydrogen-bond acceptors (Lipinski definition) is 5. The van der Waals surface area contributed by atoms with Crippen molar-refractivity contribution < 1.29 is 23.5 Å². The molecule has 172 valence electrons. The number of benzene rings is 2. The van der Waals surface area contributed by atoms with Crippen molar-refractivity contribution in [2.45, 2.75) is 24.0 Å². The molecule has 0 saturated carbocycles. The predicted octanol–water partition coefficient (Wildman–Crippen LogP) is 2.09. The topological polar surface area (TPSA) is 88.7 Å². The second kappa shape index (κ2) is 10.5. The van der Waals surface area contributed by atoms with Gasteiger partial charge in [-0.3, -0.25) is 9.59 Å². The minimum Gasteiger partial charge on any atom is -0.495 e. The van der Waals surface area contributed by atoms with Crippen molar-refractivity contribution >= 4 is 50.9 Å². The van der Waals surface area contributed by atoms with Gasteiger partial charge in [0.1, 0.15) is 17.3 Å². The lowest BCUT2D eigenvalue weighted by Crippen LogP contribution is -2.62. The van der Waals surface area contributed by atoms with Gasteiger partial charge >= 0.3 is 0 Å². The molecule has 1 aliphatic rings. The molecule has 32 heavy (non-hydrogen) atoms. The second-order valence-electron chi connectivity index (χ2n) is 7.78. The third-order valence-corrected chi connectivity index (χ3v) is 6.81. The Balaban J connectivity index is 1.48. The van der Waals surface area contributed by atoms with Crippen LogP contribution >= 0.6 is 23.2 Å². The number of ether oxygens (including phenoxy) is 2. The van der Waals surface area contributed by atoms with Crippen LogP contribution in [0.5, 0.6) is 11.5 Å². The number of piperidine rings is 1. The van der Waals surface area contributed by atoms with Crippen LogP contribution in [0.25, 0.3) is 0 Å². The van der Waals surface area contributed by atoms with Crippen molar-refractivity contribution in [2.75, 3.05) is 25.6 Å². The highest BCUT2D eigenvalue weighted by molar-refractivity contribution is 6.31. The fraction of sp³-hybridized carbons (Fsp3) is 0.333. The molecule has 2 aromatic carbocycles. The summed E-state index contributed by atoms with van der Waals surface area (Å²) < 4.78 is 24.1. The summed E-state index contributed by atoms with van der Waals surface area (Å²) in [6, 6.07) is 8.59. The van der Waals surface area contributed by atoms with Crippen LogP contribution in [0, 0.1) is 5.82 Å². The fourth-order valence-electron chi connectivity index (χ4n) is 3.41. The van der Waals surface area contributed by atoms with Crippen LogP contribution in [0.4, 0.5) is 10.1 Å². The van der Waals surface area contributed by atoms with Gasteiger partial charge in [-0.15, -0.1) is 0 Å². The van der Waals surface area contributed by atoms with Gasteiger partial charge in [0.25, 0.3) is 5.91 Å². The fourth-order valence-corrected chi connectivity index (χ4v) is 4.46. The first-order valence-electron chi connectivity index (χ1n) is 9.96. The van der Waals surface area contributed by atoms with Gasteiger partial charge < -0.3 is 25.4 Å². The quantitative estimate of drug-likeness (QED) is 0.507. The number of nitrogens with one attached hydrogen (secondary N) is 3. The van der Waals surface area contributed by atoms with E-state index in [1.165, 1.54) is 19.2 Å². The number of hydrogen-bond donors (Lipinski definition) is 3. The zero-order valence-electron chi connectivity index (χ0n) is 17.6. The molecule has 0 radical (unpaired) electrons. The standard InChI is InChI=1S/C21H24Cl2FN3O4Si/c1-30-18-8-12(22)2-5-16(18)26-20(29)17-6-7-21(32,11-25-17)27-19(28)10-31-13-3-4-14(23)15(24)9-13/h2-5,8-9,17,25H,6-7,10-11H2,1,32H3,(H,26,29)(H,27,28)/t17-,21+/m1/s1. The van der Waals surface area contributed by atoms with Crippen LogP contribution in [0.2, 0.25) is 10.0 Å². The van der Waals surface area contributed by atoms with Gasteiger partial charge in [-0.2, -0.15) is 0 Å². The molecule has 2 atom stereocenters. The summed E-state index contributed by atoms with van der Waals surface area (Å²) in [7, 11) is 2.18. The number of halogens is 3. The first kappa shape index (κ1) is 24.3. The molecule has 1 heterocycles. The summed E-state index contributed by atoms with van der Waals surface area (Å²) >= 11 is 11.6. The molecular formula is C21H24Cl2FN3O4Si. The Morgan fingerprint density at radius 1 is 1.28 bits per heavy atom. The van der Waals surface area contributed by atoms with Crippen molar-refractivity contribution in [3.8, 4) is 11.5 Å². The number of anilines is 1. The zero-order chi connectivity index (χ0) is 23.3. The molecule has 1 fully saturated rings. The van der Waals surface area contributed by atoms with E-state index in [9.17, 15) is 14.0 Å². The minimum atomic E-state index is -0.610. The molecule has 1 aliphatic heterocycles. The van der Waals surface area contributed by atoms with Gasteiger partial charge in [-0.05, 0) is 37.1 Å². The number of carbonyl (C=O) groups is 2. The van der Waals surface area contributed by atoms with E-state index in [-0.39, 0.29) is 29.2 Å². The molecule has 0 aromatic heterocycles. The van der Waals surface area contributed by atoms with Crippen LogP contribution in [0.15, 0.2) is 36.4 Å². The van der Waals surface area contributed by atoms with Crippen LogP contribution < -0.4 is 25.4 Å². The van der Waals surface area contributed by atoms with E-state index in [1.807, 2.05) is 0 Å². The van der Waals surface area contributed by atoms with E-state index in [4.69, 9.17) is 32.7 Å². The Morgan fingerprint density at radius 3 is 2.72 bits per heavy atom. The summed E-state index contributed by atoms with van der Waals surface area (Å²) in [6.07, 6.45) is 1.19. The van der Waals surface area contributed by atoms with Gasteiger partial charge in [0.05, 0.1) is 23.9 Å².